The van der Waals surface area contributed by atoms with Crippen LogP contribution in [-0.4, -0.2) is 22.4 Å². The number of hydrogen-bond donors (Lipinski definition) is 2. The van der Waals surface area contributed by atoms with Gasteiger partial charge in [-0.1, -0.05) is 32.1 Å². The number of aliphatic hydroxyl groups is 2. The Kier molecular flexibility index (Phi) is 3.21. The molecule has 0 aromatic heterocycles. The van der Waals surface area contributed by atoms with Crippen LogP contribution in [0, 0.1) is 11.3 Å². The van der Waals surface area contributed by atoms with Crippen molar-refractivity contribution in [3.05, 3.63) is 23.8 Å². The summed E-state index contributed by atoms with van der Waals surface area (Å²) in [5.41, 5.74) is 1.30. The summed E-state index contributed by atoms with van der Waals surface area (Å²) in [5.74, 6) is 0.598. The van der Waals surface area contributed by atoms with Gasteiger partial charge >= 0.3 is 0 Å². The third kappa shape index (κ3) is 1.98. The summed E-state index contributed by atoms with van der Waals surface area (Å²) in [7, 11) is 0. The first-order chi connectivity index (χ1) is 7.92. The van der Waals surface area contributed by atoms with Crippen molar-refractivity contribution in [2.45, 2.75) is 51.6 Å². The highest BCUT2D eigenvalue weighted by Crippen LogP contribution is 2.54. The Morgan fingerprint density at radius 3 is 2.94 bits per heavy atom. The molecule has 1 saturated carbocycles. The summed E-state index contributed by atoms with van der Waals surface area (Å²) in [6, 6.07) is 0. The van der Waals surface area contributed by atoms with Crippen LogP contribution >= 0.6 is 0 Å². The molecule has 0 unspecified atom stereocenters. The molecule has 2 aliphatic rings. The lowest BCUT2D eigenvalue weighted by molar-refractivity contribution is -0.0181. The van der Waals surface area contributed by atoms with Crippen LogP contribution in [-0.2, 0) is 0 Å². The zero-order valence-corrected chi connectivity index (χ0v) is 11.0. The molecule has 0 aliphatic heterocycles. The average molecular weight is 236 g/mol. The van der Waals surface area contributed by atoms with E-state index in [1.807, 2.05) is 0 Å². The van der Waals surface area contributed by atoms with Gasteiger partial charge in [0.05, 0.1) is 12.2 Å². The van der Waals surface area contributed by atoms with Crippen molar-refractivity contribution in [1.82, 2.24) is 0 Å². The van der Waals surface area contributed by atoms with E-state index in [1.165, 1.54) is 18.4 Å². The van der Waals surface area contributed by atoms with E-state index in [1.54, 1.807) is 0 Å². The normalized spacial score (nSPS) is 41.6. The van der Waals surface area contributed by atoms with Gasteiger partial charge in [-0.2, -0.15) is 0 Å². The zero-order valence-electron chi connectivity index (χ0n) is 11.0. The molecule has 2 heteroatoms. The molecule has 0 bridgehead atoms. The van der Waals surface area contributed by atoms with Crippen molar-refractivity contribution in [1.29, 1.82) is 0 Å². The number of aliphatic hydroxyl groups excluding tert-OH is 1. The molecule has 0 radical (unpaired) electrons. The fourth-order valence-electron chi connectivity index (χ4n) is 3.54. The number of fused-ring (bicyclic) bond motifs is 1. The van der Waals surface area contributed by atoms with Crippen LogP contribution in [0.4, 0.5) is 0 Å². The van der Waals surface area contributed by atoms with Crippen LogP contribution in [0.5, 0.6) is 0 Å². The molecule has 0 heterocycles. The molecule has 17 heavy (non-hydrogen) atoms. The highest BCUT2D eigenvalue weighted by atomic mass is 16.3. The molecule has 0 aromatic rings. The molecule has 1 fully saturated rings. The first-order valence-electron chi connectivity index (χ1n) is 6.63. The second kappa shape index (κ2) is 4.25. The number of rotatable bonds is 2. The van der Waals surface area contributed by atoms with Gasteiger partial charge in [0.15, 0.2) is 0 Å². The van der Waals surface area contributed by atoms with Gasteiger partial charge in [-0.3, -0.25) is 0 Å². The van der Waals surface area contributed by atoms with Crippen molar-refractivity contribution in [2.24, 2.45) is 11.3 Å². The predicted molar refractivity (Wildman–Crippen MR) is 69.6 cm³/mol. The van der Waals surface area contributed by atoms with Crippen LogP contribution in [0.25, 0.3) is 0 Å². The first-order valence-corrected chi connectivity index (χ1v) is 6.63. The third-order valence-electron chi connectivity index (χ3n) is 5.13. The van der Waals surface area contributed by atoms with E-state index in [0.29, 0.717) is 24.3 Å². The Labute approximate surface area is 104 Å². The van der Waals surface area contributed by atoms with E-state index in [4.69, 9.17) is 0 Å². The summed E-state index contributed by atoms with van der Waals surface area (Å²) in [6.07, 6.45) is 7.09. The Morgan fingerprint density at radius 2 is 2.29 bits per heavy atom. The van der Waals surface area contributed by atoms with Gasteiger partial charge in [-0.15, -0.1) is 0 Å². The minimum Gasteiger partial charge on any atom is -0.392 e. The molecule has 0 aromatic carbocycles. The lowest BCUT2D eigenvalue weighted by atomic mass is 9.56. The average Bonchev–Trinajstić information content (AvgIpc) is 2.29. The highest BCUT2D eigenvalue weighted by molar-refractivity contribution is 5.28. The third-order valence-corrected chi connectivity index (χ3v) is 5.13. The topological polar surface area (TPSA) is 40.5 Å². The second-order valence-electron chi connectivity index (χ2n) is 6.10. The Morgan fingerprint density at radius 1 is 1.59 bits per heavy atom. The Hall–Kier alpha value is -0.600. The van der Waals surface area contributed by atoms with Crippen molar-refractivity contribution in [2.75, 3.05) is 6.61 Å². The van der Waals surface area contributed by atoms with E-state index < -0.39 is 5.60 Å². The maximum absolute atomic E-state index is 10.7. The summed E-state index contributed by atoms with van der Waals surface area (Å²) < 4.78 is 0. The highest BCUT2D eigenvalue weighted by Gasteiger charge is 2.48. The predicted octanol–water partition coefficient (Wildman–Crippen LogP) is 2.81. The quantitative estimate of drug-likeness (QED) is 0.724. The summed E-state index contributed by atoms with van der Waals surface area (Å²) >= 11 is 0. The SMILES string of the molecule is C=C(CO)[C@@]1(O)CCC2=CCC[C@H](C)[C@@]2(C)C1. The fourth-order valence-corrected chi connectivity index (χ4v) is 3.54. The van der Waals surface area contributed by atoms with Gasteiger partial charge in [0, 0.05) is 0 Å². The monoisotopic (exact) mass is 236 g/mol. The van der Waals surface area contributed by atoms with Crippen LogP contribution < -0.4 is 0 Å². The maximum atomic E-state index is 10.7. The number of allylic oxidation sites excluding steroid dienone is 2. The van der Waals surface area contributed by atoms with E-state index in [2.05, 4.69) is 26.5 Å². The fraction of sp³-hybridized carbons (Fsp3) is 0.733. The summed E-state index contributed by atoms with van der Waals surface area (Å²) in [6.45, 7) is 8.27. The van der Waals surface area contributed by atoms with Gasteiger partial charge in [-0.25, -0.2) is 0 Å². The second-order valence-corrected chi connectivity index (χ2v) is 6.10. The van der Waals surface area contributed by atoms with E-state index in [-0.39, 0.29) is 12.0 Å². The van der Waals surface area contributed by atoms with Crippen LogP contribution in [0.1, 0.15) is 46.0 Å². The molecule has 2 N–H and O–H groups in total. The van der Waals surface area contributed by atoms with Gasteiger partial charge in [0.25, 0.3) is 0 Å². The molecular weight excluding hydrogens is 212 g/mol. The Balaban J connectivity index is 2.29. The van der Waals surface area contributed by atoms with Gasteiger partial charge in [-0.05, 0) is 49.0 Å². The summed E-state index contributed by atoms with van der Waals surface area (Å²) in [4.78, 5) is 0. The van der Waals surface area contributed by atoms with Crippen LogP contribution in [0.2, 0.25) is 0 Å². The molecule has 2 aliphatic carbocycles. The van der Waals surface area contributed by atoms with E-state index in [9.17, 15) is 10.2 Å². The molecule has 0 amide bonds. The molecule has 0 saturated heterocycles. The molecule has 2 rings (SSSR count). The van der Waals surface area contributed by atoms with Crippen molar-refractivity contribution in [3.63, 3.8) is 0 Å². The molecule has 0 spiro atoms. The van der Waals surface area contributed by atoms with Crippen LogP contribution in [0.15, 0.2) is 23.8 Å². The molecular formula is C15H24O2. The lowest BCUT2D eigenvalue weighted by Crippen LogP contribution is -2.47. The van der Waals surface area contributed by atoms with E-state index >= 15 is 0 Å². The van der Waals surface area contributed by atoms with Crippen molar-refractivity contribution < 1.29 is 10.2 Å². The minimum absolute atomic E-state index is 0.0867. The first kappa shape index (κ1) is 12.8. The van der Waals surface area contributed by atoms with Crippen molar-refractivity contribution >= 4 is 0 Å². The maximum Gasteiger partial charge on any atom is 0.0887 e. The van der Waals surface area contributed by atoms with E-state index in [0.717, 1.165) is 6.42 Å². The van der Waals surface area contributed by atoms with Gasteiger partial charge in [0.2, 0.25) is 0 Å². The van der Waals surface area contributed by atoms with Gasteiger partial charge < -0.3 is 10.2 Å². The Bertz CT molecular complexity index is 358. The standard InChI is InChI=1S/C15H24O2/c1-11-5-4-6-13-7-8-15(17,12(2)9-16)10-14(11,13)3/h6,11,16-17H,2,4-5,7-10H2,1,3H3/t11-,14+,15+/m0/s1. The molecule has 96 valence electrons. The summed E-state index contributed by atoms with van der Waals surface area (Å²) in [5, 5.41) is 19.9. The lowest BCUT2D eigenvalue weighted by Gasteiger charge is -2.51. The van der Waals surface area contributed by atoms with Crippen LogP contribution in [0.3, 0.4) is 0 Å². The zero-order chi connectivity index (χ0) is 12.7. The van der Waals surface area contributed by atoms with Gasteiger partial charge in [0.1, 0.15) is 0 Å². The molecule has 3 atom stereocenters. The molecule has 2 nitrogen and oxygen atoms in total. The largest absolute Gasteiger partial charge is 0.392 e. The minimum atomic E-state index is -0.869. The number of hydrogen-bond acceptors (Lipinski definition) is 2. The smallest absolute Gasteiger partial charge is 0.0887 e. The van der Waals surface area contributed by atoms with Crippen molar-refractivity contribution in [3.8, 4) is 0 Å².